The highest BCUT2D eigenvalue weighted by molar-refractivity contribution is 7.23. The molecule has 0 bridgehead atoms. The van der Waals surface area contributed by atoms with Gasteiger partial charge in [-0.2, -0.15) is 19.9 Å². The minimum Gasteiger partial charge on any atom is -0.461 e. The van der Waals surface area contributed by atoms with Crippen LogP contribution in [0.3, 0.4) is 0 Å². The molecule has 18 heteroatoms. The van der Waals surface area contributed by atoms with Crippen molar-refractivity contribution in [3.05, 3.63) is 52.0 Å². The molecule has 0 aliphatic carbocycles. The van der Waals surface area contributed by atoms with E-state index in [1.54, 1.807) is 11.0 Å². The predicted octanol–water partition coefficient (Wildman–Crippen LogP) is 7.16. The number of nitriles is 1. The summed E-state index contributed by atoms with van der Waals surface area (Å²) in [6.07, 6.45) is 2.28. The highest BCUT2D eigenvalue weighted by Crippen LogP contribution is 2.46. The number of ether oxygens (including phenoxy) is 1. The van der Waals surface area contributed by atoms with Crippen molar-refractivity contribution < 1.29 is 22.7 Å². The minimum atomic E-state index is -0.975. The van der Waals surface area contributed by atoms with Crippen LogP contribution < -0.4 is 15.4 Å². The maximum absolute atomic E-state index is 17.1. The van der Waals surface area contributed by atoms with Crippen LogP contribution in [-0.2, 0) is 0 Å². The van der Waals surface area contributed by atoms with Crippen LogP contribution in [0.5, 0.6) is 6.01 Å². The Morgan fingerprint density at radius 2 is 2.06 bits per heavy atom. The van der Waals surface area contributed by atoms with Crippen LogP contribution in [0, 0.1) is 34.8 Å². The first kappa shape index (κ1) is 36.5. The lowest BCUT2D eigenvalue weighted by atomic mass is 9.81. The molecule has 1 amide bonds. The number of carbonyl (C=O) groups excluding carboxylic acids is 1. The first-order valence-electron chi connectivity index (χ1n) is 17.5. The van der Waals surface area contributed by atoms with E-state index in [4.69, 9.17) is 38.7 Å². The van der Waals surface area contributed by atoms with Crippen LogP contribution in [0.2, 0.25) is 10.3 Å². The Kier molecular flexibility index (Phi) is 9.27. The number of rotatable bonds is 8. The number of nitrogens with zero attached hydrogens (tertiary/aromatic N) is 9. The molecule has 0 spiro atoms. The van der Waals surface area contributed by atoms with Gasteiger partial charge in [-0.05, 0) is 54.6 Å². The number of nitrogens with two attached hydrogens (primary N) is 1. The van der Waals surface area contributed by atoms with Crippen LogP contribution >= 0.6 is 34.5 Å². The number of amides is 1. The molecule has 12 nitrogen and oxygen atoms in total. The summed E-state index contributed by atoms with van der Waals surface area (Å²) in [5.41, 5.74) is 5.59. The third-order valence-corrected chi connectivity index (χ3v) is 12.5. The van der Waals surface area contributed by atoms with Gasteiger partial charge in [0.05, 0.1) is 20.8 Å². The molecule has 2 N–H and O–H groups in total. The molecule has 5 aromatic rings. The number of aromatic nitrogens is 5. The van der Waals surface area contributed by atoms with Gasteiger partial charge in [0.25, 0.3) is 0 Å². The average Bonchev–Trinajstić information content (AvgIpc) is 3.87. The highest BCUT2D eigenvalue weighted by Gasteiger charge is 2.49. The van der Waals surface area contributed by atoms with Crippen molar-refractivity contribution in [2.75, 3.05) is 50.5 Å². The average molecular weight is 800 g/mol. The van der Waals surface area contributed by atoms with E-state index >= 15 is 4.39 Å². The third-order valence-electron chi connectivity index (χ3n) is 11.0. The van der Waals surface area contributed by atoms with Gasteiger partial charge in [0.1, 0.15) is 47.3 Å². The van der Waals surface area contributed by atoms with E-state index in [0.29, 0.717) is 31.9 Å². The Hall–Kier alpha value is -4.43. The van der Waals surface area contributed by atoms with Gasteiger partial charge < -0.3 is 20.3 Å². The number of thiophene rings is 1. The Labute approximate surface area is 322 Å². The number of hydrogen-bond acceptors (Lipinski definition) is 11. The first-order valence-corrected chi connectivity index (χ1v) is 19.1. The number of nitrogen functional groups attached to an aromatic ring is 1. The molecule has 3 saturated heterocycles. The maximum Gasteiger partial charge on any atom is 0.346 e. The van der Waals surface area contributed by atoms with Crippen LogP contribution in [0.15, 0.2) is 24.5 Å². The van der Waals surface area contributed by atoms with E-state index in [0.717, 1.165) is 35.4 Å². The van der Waals surface area contributed by atoms with Gasteiger partial charge in [0, 0.05) is 61.4 Å². The lowest BCUT2D eigenvalue weighted by molar-refractivity contribution is 0.0241. The lowest BCUT2D eigenvalue weighted by Crippen LogP contribution is -2.64. The number of carbonyl (C=O) groups is 1. The van der Waals surface area contributed by atoms with Crippen molar-refractivity contribution in [2.45, 2.75) is 50.9 Å². The van der Waals surface area contributed by atoms with Gasteiger partial charge in [0.15, 0.2) is 5.82 Å². The summed E-state index contributed by atoms with van der Waals surface area (Å²) in [5.74, 6) is -1.03. The fourth-order valence-electron chi connectivity index (χ4n) is 8.70. The number of fused-ring (bicyclic) bond motifs is 3. The largest absolute Gasteiger partial charge is 0.461 e. The summed E-state index contributed by atoms with van der Waals surface area (Å²) in [4.78, 5) is 32.2. The first-order chi connectivity index (χ1) is 25.8. The number of benzene rings is 2. The van der Waals surface area contributed by atoms with Crippen molar-refractivity contribution >= 4 is 72.4 Å². The molecular formula is C36H35Cl2F3N10O2S. The van der Waals surface area contributed by atoms with E-state index in [1.807, 2.05) is 31.9 Å². The van der Waals surface area contributed by atoms with E-state index in [2.05, 4.69) is 20.0 Å². The van der Waals surface area contributed by atoms with Gasteiger partial charge in [-0.1, -0.05) is 31.5 Å². The number of anilines is 2. The van der Waals surface area contributed by atoms with Gasteiger partial charge in [-0.3, -0.25) is 4.90 Å². The van der Waals surface area contributed by atoms with Crippen molar-refractivity contribution in [1.82, 2.24) is 34.5 Å². The second-order valence-corrected chi connectivity index (χ2v) is 16.5. The van der Waals surface area contributed by atoms with E-state index in [-0.39, 0.29) is 89.5 Å². The van der Waals surface area contributed by atoms with Gasteiger partial charge in [-0.25, -0.2) is 22.9 Å². The van der Waals surface area contributed by atoms with Gasteiger partial charge in [-0.15, -0.1) is 16.4 Å². The monoisotopic (exact) mass is 798 g/mol. The third kappa shape index (κ3) is 5.96. The molecule has 3 aliphatic rings. The zero-order chi connectivity index (χ0) is 38.2. The second-order valence-electron chi connectivity index (χ2n) is 14.7. The summed E-state index contributed by atoms with van der Waals surface area (Å²) in [6, 6.07) is 5.51. The molecule has 6 heterocycles. The van der Waals surface area contributed by atoms with Crippen LogP contribution in [-0.4, -0.2) is 98.1 Å². The Bertz CT molecular complexity index is 2370. The van der Waals surface area contributed by atoms with Crippen molar-refractivity contribution in [2.24, 2.45) is 11.8 Å². The van der Waals surface area contributed by atoms with Crippen molar-refractivity contribution in [1.29, 1.82) is 5.26 Å². The van der Waals surface area contributed by atoms with E-state index in [1.165, 1.54) is 18.5 Å². The topological polar surface area (TPSA) is 142 Å². The lowest BCUT2D eigenvalue weighted by Gasteiger charge is -2.51. The second kappa shape index (κ2) is 13.7. The molecule has 4 atom stereocenters. The van der Waals surface area contributed by atoms with Gasteiger partial charge >= 0.3 is 12.0 Å². The summed E-state index contributed by atoms with van der Waals surface area (Å²) < 4.78 is 54.2. The zero-order valence-corrected chi connectivity index (χ0v) is 31.8. The molecular weight excluding hydrogens is 764 g/mol. The molecule has 3 aliphatic heterocycles. The Morgan fingerprint density at radius 3 is 2.78 bits per heavy atom. The molecule has 2 aromatic carbocycles. The van der Waals surface area contributed by atoms with Crippen molar-refractivity contribution in [3.8, 4) is 23.2 Å². The number of halogens is 5. The smallest absolute Gasteiger partial charge is 0.346 e. The van der Waals surface area contributed by atoms with Crippen LogP contribution in [0.1, 0.15) is 38.7 Å². The summed E-state index contributed by atoms with van der Waals surface area (Å²) in [7, 11) is 1.81. The van der Waals surface area contributed by atoms with Crippen LogP contribution in [0.4, 0.5) is 28.8 Å². The summed E-state index contributed by atoms with van der Waals surface area (Å²) in [5, 5.41) is 14.4. The minimum absolute atomic E-state index is 0.0131. The van der Waals surface area contributed by atoms with Crippen LogP contribution in [0.25, 0.3) is 32.1 Å². The normalized spacial score (nSPS) is 22.6. The van der Waals surface area contributed by atoms with Crippen molar-refractivity contribution in [3.63, 3.8) is 0 Å². The standard InChI is InChI=1S/C36H35Cl2F3N10O2S/c1-17(2)29-18(13-50(29)35(52)51-16-44-33(38)47-51)12-48(3)32-21-9-23(37)26(20-5-6-24(40)30-25(20)22(11-42)31(43)54-30)27(41)28(21)45-34(46-32)53-15-36-7-4-8-49(36)14-19(39)10-36/h5-6,9,16-19,29H,4,7-8,10,12-15,43H2,1-3H3/t18-,19-,29-,36+/m1/s1. The highest BCUT2D eigenvalue weighted by atomic mass is 35.5. The Balaban J connectivity index is 1.20. The van der Waals surface area contributed by atoms with Gasteiger partial charge in [0.2, 0.25) is 5.28 Å². The molecule has 0 unspecified atom stereocenters. The number of alkyl halides is 1. The molecule has 0 saturated carbocycles. The maximum atomic E-state index is 17.1. The SMILES string of the molecule is CC(C)[C@@H]1[C@H](CN(C)c2nc(OC[C@@]34CCCN3C[C@H](F)C4)nc3c(F)c(-c4ccc(F)c5sc(N)c(C#N)c45)c(Cl)cc23)CN1C(=O)n1cnc(Cl)n1. The fraction of sp³-hybridized carbons (Fsp3) is 0.444. The molecule has 3 fully saturated rings. The number of likely N-dealkylation sites (tertiary alicyclic amines) is 1. The zero-order valence-electron chi connectivity index (χ0n) is 29.5. The predicted molar refractivity (Wildman–Crippen MR) is 201 cm³/mol. The molecule has 3 aromatic heterocycles. The Morgan fingerprint density at radius 1 is 1.26 bits per heavy atom. The molecule has 0 radical (unpaired) electrons. The summed E-state index contributed by atoms with van der Waals surface area (Å²) >= 11 is 13.7. The van der Waals surface area contributed by atoms with E-state index in [9.17, 15) is 18.8 Å². The molecule has 54 heavy (non-hydrogen) atoms. The summed E-state index contributed by atoms with van der Waals surface area (Å²) in [6.45, 7) is 6.08. The molecule has 282 valence electrons. The quantitative estimate of drug-likeness (QED) is 0.172. The fourth-order valence-corrected chi connectivity index (χ4v) is 10.1. The molecule has 8 rings (SSSR count). The number of hydrogen-bond donors (Lipinski definition) is 1. The van der Waals surface area contributed by atoms with E-state index < -0.39 is 23.3 Å².